The molecule has 4 atom stereocenters. The van der Waals surface area contributed by atoms with Gasteiger partial charge in [0.2, 0.25) is 0 Å². The fourth-order valence-electron chi connectivity index (χ4n) is 1.46. The Hall–Kier alpha value is -1.57. The van der Waals surface area contributed by atoms with E-state index in [1.165, 1.54) is 0 Å². The second kappa shape index (κ2) is 8.33. The Bertz CT molecular complexity index is 633. The molecule has 23 heavy (non-hydrogen) atoms. The minimum atomic E-state index is -4.54. The van der Waals surface area contributed by atoms with Crippen LogP contribution < -0.4 is 22.5 Å². The smallest absolute Gasteiger partial charge is 0.388 e. The number of nitrogens with two attached hydrogens (primary N) is 1. The van der Waals surface area contributed by atoms with Crippen molar-refractivity contribution in [1.82, 2.24) is 9.97 Å². The highest BCUT2D eigenvalue weighted by Gasteiger charge is 2.28. The zero-order valence-electron chi connectivity index (χ0n) is 11.6. The van der Waals surface area contributed by atoms with Crippen LogP contribution in [0.2, 0.25) is 0 Å². The van der Waals surface area contributed by atoms with Crippen molar-refractivity contribution in [2.45, 2.75) is 18.3 Å². The van der Waals surface area contributed by atoms with Crippen LogP contribution in [-0.2, 0) is 13.7 Å². The molecule has 0 aromatic carbocycles. The normalized spacial score (nSPS) is 18.0. The van der Waals surface area contributed by atoms with Gasteiger partial charge in [0, 0.05) is 12.6 Å². The molecular formula is C9H17N4O9P. The van der Waals surface area contributed by atoms with Gasteiger partial charge in [0.25, 0.3) is 5.56 Å². The third-order valence-electron chi connectivity index (χ3n) is 2.59. The van der Waals surface area contributed by atoms with Crippen LogP contribution in [0.1, 0.15) is 0 Å². The van der Waals surface area contributed by atoms with Crippen molar-refractivity contribution < 1.29 is 33.9 Å². The van der Waals surface area contributed by atoms with Crippen molar-refractivity contribution in [2.24, 2.45) is 5.90 Å². The Balaban J connectivity index is 2.52. The molecule has 1 unspecified atom stereocenters. The second-order valence-corrected chi connectivity index (χ2v) is 5.78. The number of hydrogen-bond donors (Lipinski definition) is 8. The van der Waals surface area contributed by atoms with Crippen LogP contribution in [0.25, 0.3) is 0 Å². The number of phosphoric acid groups is 1. The van der Waals surface area contributed by atoms with Crippen molar-refractivity contribution in [3.05, 3.63) is 26.9 Å². The number of nitrogens with one attached hydrogen (secondary N) is 3. The van der Waals surface area contributed by atoms with E-state index in [0.29, 0.717) is 0 Å². The first kappa shape index (κ1) is 19.5. The van der Waals surface area contributed by atoms with Gasteiger partial charge < -0.3 is 25.5 Å². The van der Waals surface area contributed by atoms with Gasteiger partial charge in [-0.25, -0.2) is 19.9 Å². The van der Waals surface area contributed by atoms with Crippen LogP contribution in [0.5, 0.6) is 0 Å². The van der Waals surface area contributed by atoms with Gasteiger partial charge in [-0.3, -0.25) is 19.3 Å². The molecule has 0 fully saturated rings. The van der Waals surface area contributed by atoms with Crippen molar-refractivity contribution in [3.8, 4) is 0 Å². The van der Waals surface area contributed by atoms with Crippen LogP contribution in [0.3, 0.4) is 0 Å². The molecule has 1 rings (SSSR count). The van der Waals surface area contributed by atoms with Gasteiger partial charge in [-0.05, 0) is 0 Å². The Morgan fingerprint density at radius 3 is 2.48 bits per heavy atom. The zero-order valence-corrected chi connectivity index (χ0v) is 12.5. The monoisotopic (exact) mass is 356 g/mol. The molecule has 132 valence electrons. The molecule has 13 nitrogen and oxygen atoms in total. The summed E-state index contributed by atoms with van der Waals surface area (Å²) in [6.07, 6.45) is -5.07. The summed E-state index contributed by atoms with van der Waals surface area (Å²) < 4.78 is 18.8. The maximum Gasteiger partial charge on any atom is 0.488 e. The van der Waals surface area contributed by atoms with Gasteiger partial charge in [-0.2, -0.15) is 0 Å². The van der Waals surface area contributed by atoms with E-state index in [1.807, 2.05) is 4.98 Å². The van der Waals surface area contributed by atoms with Crippen molar-refractivity contribution in [1.29, 1.82) is 0 Å². The first-order chi connectivity index (χ1) is 10.6. The summed E-state index contributed by atoms with van der Waals surface area (Å²) in [7, 11) is -4.54. The predicted octanol–water partition coefficient (Wildman–Crippen LogP) is -3.43. The lowest BCUT2D eigenvalue weighted by atomic mass is 10.1. The number of rotatable bonds is 9. The molecule has 1 aromatic rings. The molecule has 1 heterocycles. The summed E-state index contributed by atoms with van der Waals surface area (Å²) in [5.74, 6) is 4.45. The highest BCUT2D eigenvalue weighted by atomic mass is 31.2. The number of phosphoric ester groups is 1. The molecule has 0 saturated heterocycles. The van der Waals surface area contributed by atoms with Crippen LogP contribution in [0.4, 0.5) is 5.82 Å². The summed E-state index contributed by atoms with van der Waals surface area (Å²) in [5.41, 5.74) is -1.45. The van der Waals surface area contributed by atoms with Gasteiger partial charge in [0.1, 0.15) is 18.0 Å². The Morgan fingerprint density at radius 1 is 1.26 bits per heavy atom. The molecule has 0 aliphatic rings. The van der Waals surface area contributed by atoms with E-state index in [4.69, 9.17) is 4.89 Å². The summed E-state index contributed by atoms with van der Waals surface area (Å²) in [6.45, 7) is -1.20. The maximum absolute atomic E-state index is 11.0. The van der Waals surface area contributed by atoms with Gasteiger partial charge in [0.15, 0.2) is 0 Å². The summed E-state index contributed by atoms with van der Waals surface area (Å²) >= 11 is 0. The number of aromatic amines is 2. The highest BCUT2D eigenvalue weighted by molar-refractivity contribution is 7.47. The number of H-pyrrole nitrogens is 2. The van der Waals surface area contributed by atoms with Crippen molar-refractivity contribution in [3.63, 3.8) is 0 Å². The first-order valence-electron chi connectivity index (χ1n) is 6.12. The van der Waals surface area contributed by atoms with Gasteiger partial charge in [-0.15, -0.1) is 0 Å². The number of aliphatic hydroxyl groups is 3. The highest BCUT2D eigenvalue weighted by Crippen LogP contribution is 2.40. The van der Waals surface area contributed by atoms with E-state index in [1.54, 1.807) is 0 Å². The third kappa shape index (κ3) is 6.60. The lowest BCUT2D eigenvalue weighted by Crippen LogP contribution is -2.43. The fraction of sp³-hybridized carbons (Fsp3) is 0.556. The topological polar surface area (TPSA) is 220 Å². The molecule has 9 N–H and O–H groups in total. The van der Waals surface area contributed by atoms with Gasteiger partial charge >= 0.3 is 13.5 Å². The van der Waals surface area contributed by atoms with E-state index in [2.05, 4.69) is 25.3 Å². The van der Waals surface area contributed by atoms with Crippen LogP contribution >= 0.6 is 7.82 Å². The number of aliphatic hydroxyl groups excluding tert-OH is 3. The number of anilines is 1. The van der Waals surface area contributed by atoms with Crippen molar-refractivity contribution >= 4 is 13.6 Å². The summed E-state index contributed by atoms with van der Waals surface area (Å²) in [5, 5.41) is 31.3. The summed E-state index contributed by atoms with van der Waals surface area (Å²) in [6, 6.07) is 1.00. The average molecular weight is 356 g/mol. The lowest BCUT2D eigenvalue weighted by Gasteiger charge is -2.23. The maximum atomic E-state index is 11.0. The number of hydrogen-bond acceptors (Lipinski definition) is 10. The summed E-state index contributed by atoms with van der Waals surface area (Å²) in [4.78, 5) is 35.1. The van der Waals surface area contributed by atoms with Gasteiger partial charge in [0.05, 0.1) is 12.7 Å². The Morgan fingerprint density at radius 2 is 1.91 bits per heavy atom. The molecule has 0 aliphatic heterocycles. The SMILES string of the molecule is NOP(=O)(O)OC[C@@H](O)[C@@H](O)[C@@H](O)CNc1cc(=O)[nH]c(=O)[nH]1. The molecule has 14 heteroatoms. The largest absolute Gasteiger partial charge is 0.488 e. The minimum Gasteiger partial charge on any atom is -0.388 e. The minimum absolute atomic E-state index is 0.0212. The Labute approximate surface area is 128 Å². The van der Waals surface area contributed by atoms with Crippen LogP contribution in [0, 0.1) is 0 Å². The van der Waals surface area contributed by atoms with Crippen LogP contribution in [0.15, 0.2) is 15.7 Å². The Kier molecular flexibility index (Phi) is 7.05. The molecule has 1 aromatic heterocycles. The van der Waals surface area contributed by atoms with E-state index in [0.717, 1.165) is 6.07 Å². The van der Waals surface area contributed by atoms with E-state index < -0.39 is 44.0 Å². The molecule has 0 saturated carbocycles. The van der Waals surface area contributed by atoms with E-state index in [9.17, 15) is 29.5 Å². The third-order valence-corrected chi connectivity index (χ3v) is 3.33. The van der Waals surface area contributed by atoms with Crippen LogP contribution in [-0.4, -0.2) is 61.6 Å². The van der Waals surface area contributed by atoms with E-state index in [-0.39, 0.29) is 12.4 Å². The van der Waals surface area contributed by atoms with Crippen molar-refractivity contribution in [2.75, 3.05) is 18.5 Å². The van der Waals surface area contributed by atoms with Gasteiger partial charge in [-0.1, -0.05) is 0 Å². The second-order valence-electron chi connectivity index (χ2n) is 4.38. The molecule has 0 bridgehead atoms. The number of aromatic nitrogens is 2. The zero-order chi connectivity index (χ0) is 17.6. The quantitative estimate of drug-likeness (QED) is 0.161. The molecule has 0 radical (unpaired) electrons. The molecule has 0 amide bonds. The molecule has 0 spiro atoms. The first-order valence-corrected chi connectivity index (χ1v) is 7.61. The molecule has 0 aliphatic carbocycles. The standard InChI is InChI=1S/C9H17N4O9P/c10-22-23(19,20)21-3-5(15)8(17)4(14)2-11-6-1-7(16)13-9(18)12-6/h1,4-5,8,14-15,17H,2-3,10H2,(H,19,20)(H3,11,12,13,16,18)/t4-,5+,8-/m0/s1. The molecular weight excluding hydrogens is 339 g/mol. The fourth-order valence-corrected chi connectivity index (χ4v) is 1.86. The average Bonchev–Trinajstić information content (AvgIpc) is 2.48. The predicted molar refractivity (Wildman–Crippen MR) is 75.2 cm³/mol. The van der Waals surface area contributed by atoms with E-state index >= 15 is 0 Å². The lowest BCUT2D eigenvalue weighted by molar-refractivity contribution is -0.0714.